The molecule has 7 heteroatoms. The molecular formula is C22H22Cl2N2O3. The van der Waals surface area contributed by atoms with Gasteiger partial charge in [0.25, 0.3) is 11.8 Å². The largest absolute Gasteiger partial charge is 0.503 e. The minimum atomic E-state index is -0.535. The average molecular weight is 433 g/mol. The lowest BCUT2D eigenvalue weighted by atomic mass is 9.99. The molecule has 3 rings (SSSR count). The van der Waals surface area contributed by atoms with E-state index in [-0.39, 0.29) is 5.57 Å². The predicted octanol–water partition coefficient (Wildman–Crippen LogP) is 3.94. The highest BCUT2D eigenvalue weighted by atomic mass is 35.5. The maximum atomic E-state index is 12.7. The van der Waals surface area contributed by atoms with Crippen LogP contribution in [0.25, 0.3) is 0 Å². The van der Waals surface area contributed by atoms with E-state index in [0.717, 1.165) is 11.1 Å². The predicted molar refractivity (Wildman–Crippen MR) is 114 cm³/mol. The molecule has 1 aliphatic rings. The molecule has 0 saturated carbocycles. The topological polar surface area (TPSA) is 69.6 Å². The molecule has 152 valence electrons. The normalized spacial score (nSPS) is 16.4. The molecule has 0 spiro atoms. The molecule has 0 radical (unpaired) electrons. The van der Waals surface area contributed by atoms with Crippen molar-refractivity contribution in [2.45, 2.75) is 25.3 Å². The van der Waals surface area contributed by atoms with E-state index in [4.69, 9.17) is 23.2 Å². The van der Waals surface area contributed by atoms with Gasteiger partial charge in [0.1, 0.15) is 0 Å². The number of halogens is 2. The van der Waals surface area contributed by atoms with Gasteiger partial charge in [0.15, 0.2) is 5.76 Å². The van der Waals surface area contributed by atoms with Crippen LogP contribution in [0.15, 0.2) is 59.9 Å². The number of rotatable bonds is 7. The van der Waals surface area contributed by atoms with Crippen LogP contribution in [0.3, 0.4) is 0 Å². The first-order valence-corrected chi connectivity index (χ1v) is 10.1. The lowest BCUT2D eigenvalue weighted by molar-refractivity contribution is -0.127. The SMILES string of the molecule is CN1C(=O)C(O)=C(C(=O)NCCCc2ccc(Cl)c(Cl)c2)C1Cc1ccccc1. The summed E-state index contributed by atoms with van der Waals surface area (Å²) in [5.74, 6) is -1.43. The Kier molecular flexibility index (Phi) is 6.83. The first-order chi connectivity index (χ1) is 13.9. The summed E-state index contributed by atoms with van der Waals surface area (Å²) in [6.45, 7) is 0.409. The molecule has 0 aromatic heterocycles. The summed E-state index contributed by atoms with van der Waals surface area (Å²) in [5, 5.41) is 14.1. The van der Waals surface area contributed by atoms with Gasteiger partial charge in [-0.25, -0.2) is 0 Å². The lowest BCUT2D eigenvalue weighted by Crippen LogP contribution is -2.38. The highest BCUT2D eigenvalue weighted by Crippen LogP contribution is 2.26. The third kappa shape index (κ3) is 4.92. The van der Waals surface area contributed by atoms with Crippen molar-refractivity contribution in [2.75, 3.05) is 13.6 Å². The van der Waals surface area contributed by atoms with Gasteiger partial charge in [0.2, 0.25) is 0 Å². The molecule has 0 bridgehead atoms. The monoisotopic (exact) mass is 432 g/mol. The molecule has 0 saturated heterocycles. The first kappa shape index (κ1) is 21.2. The van der Waals surface area contributed by atoms with E-state index in [2.05, 4.69) is 5.32 Å². The van der Waals surface area contributed by atoms with Crippen LogP contribution in [0.4, 0.5) is 0 Å². The van der Waals surface area contributed by atoms with E-state index in [0.29, 0.717) is 35.9 Å². The Balaban J connectivity index is 1.61. The first-order valence-electron chi connectivity index (χ1n) is 9.35. The average Bonchev–Trinajstić information content (AvgIpc) is 2.92. The molecule has 1 aliphatic heterocycles. The van der Waals surface area contributed by atoms with Gasteiger partial charge in [0.05, 0.1) is 21.7 Å². The highest BCUT2D eigenvalue weighted by Gasteiger charge is 2.40. The zero-order valence-corrected chi connectivity index (χ0v) is 17.5. The number of hydrogen-bond acceptors (Lipinski definition) is 3. The third-order valence-corrected chi connectivity index (χ3v) is 5.75. The van der Waals surface area contributed by atoms with E-state index in [9.17, 15) is 14.7 Å². The number of nitrogens with one attached hydrogen (secondary N) is 1. The number of aryl methyl sites for hydroxylation is 1. The molecule has 2 aromatic rings. The Morgan fingerprint density at radius 1 is 1.10 bits per heavy atom. The molecule has 2 N–H and O–H groups in total. The summed E-state index contributed by atoms with van der Waals surface area (Å²) in [6.07, 6.45) is 1.86. The van der Waals surface area contributed by atoms with Gasteiger partial charge < -0.3 is 15.3 Å². The zero-order chi connectivity index (χ0) is 21.0. The van der Waals surface area contributed by atoms with E-state index >= 15 is 0 Å². The van der Waals surface area contributed by atoms with Crippen molar-refractivity contribution >= 4 is 35.0 Å². The van der Waals surface area contributed by atoms with E-state index in [1.165, 1.54) is 4.90 Å². The third-order valence-electron chi connectivity index (χ3n) is 5.01. The summed E-state index contributed by atoms with van der Waals surface area (Å²) >= 11 is 11.9. The molecule has 2 aromatic carbocycles. The van der Waals surface area contributed by atoms with Crippen LogP contribution in [0, 0.1) is 0 Å². The van der Waals surface area contributed by atoms with Crippen LogP contribution >= 0.6 is 23.2 Å². The molecule has 29 heavy (non-hydrogen) atoms. The minimum absolute atomic E-state index is 0.121. The Labute approximate surface area is 179 Å². The number of amides is 2. The minimum Gasteiger partial charge on any atom is -0.503 e. The second-order valence-corrected chi connectivity index (χ2v) is 7.81. The van der Waals surface area contributed by atoms with Crippen molar-refractivity contribution in [3.63, 3.8) is 0 Å². The summed E-state index contributed by atoms with van der Waals surface area (Å²) in [6, 6.07) is 14.5. The number of carbonyl (C=O) groups excluding carboxylic acids is 2. The van der Waals surface area contributed by atoms with Gasteiger partial charge >= 0.3 is 0 Å². The lowest BCUT2D eigenvalue weighted by Gasteiger charge is -2.22. The van der Waals surface area contributed by atoms with Crippen molar-refractivity contribution in [1.82, 2.24) is 10.2 Å². The molecule has 0 aliphatic carbocycles. The maximum Gasteiger partial charge on any atom is 0.289 e. The highest BCUT2D eigenvalue weighted by molar-refractivity contribution is 6.42. The van der Waals surface area contributed by atoms with Gasteiger partial charge in [-0.15, -0.1) is 0 Å². The van der Waals surface area contributed by atoms with Gasteiger partial charge in [-0.3, -0.25) is 9.59 Å². The van der Waals surface area contributed by atoms with E-state index in [1.807, 2.05) is 36.4 Å². The van der Waals surface area contributed by atoms with Crippen LogP contribution in [0.5, 0.6) is 0 Å². The number of carbonyl (C=O) groups is 2. The fourth-order valence-corrected chi connectivity index (χ4v) is 3.72. The summed E-state index contributed by atoms with van der Waals surface area (Å²) in [4.78, 5) is 26.3. The molecule has 1 unspecified atom stereocenters. The summed E-state index contributed by atoms with van der Waals surface area (Å²) < 4.78 is 0. The van der Waals surface area contributed by atoms with Crippen LogP contribution in [0.2, 0.25) is 10.0 Å². The molecule has 1 atom stereocenters. The fourth-order valence-electron chi connectivity index (χ4n) is 3.40. The van der Waals surface area contributed by atoms with Gasteiger partial charge in [-0.2, -0.15) is 0 Å². The van der Waals surface area contributed by atoms with E-state index in [1.54, 1.807) is 19.2 Å². The van der Waals surface area contributed by atoms with Crippen molar-refractivity contribution in [1.29, 1.82) is 0 Å². The Morgan fingerprint density at radius 3 is 2.52 bits per heavy atom. The number of nitrogens with zero attached hydrogens (tertiary/aromatic N) is 1. The number of aliphatic hydroxyl groups excluding tert-OH is 1. The quantitative estimate of drug-likeness (QED) is 0.650. The second-order valence-electron chi connectivity index (χ2n) is 6.99. The Bertz CT molecular complexity index is 944. The molecule has 2 amide bonds. The maximum absolute atomic E-state index is 12.7. The van der Waals surface area contributed by atoms with Crippen LogP contribution < -0.4 is 5.32 Å². The number of aliphatic hydroxyl groups is 1. The summed E-state index contributed by atoms with van der Waals surface area (Å²) in [5.41, 5.74) is 2.13. The van der Waals surface area contributed by atoms with Gasteiger partial charge in [0, 0.05) is 13.6 Å². The fraction of sp³-hybridized carbons (Fsp3) is 0.273. The molecular weight excluding hydrogens is 411 g/mol. The van der Waals surface area contributed by atoms with E-state index < -0.39 is 23.6 Å². The van der Waals surface area contributed by atoms with Crippen molar-refractivity contribution < 1.29 is 14.7 Å². The molecule has 1 heterocycles. The molecule has 5 nitrogen and oxygen atoms in total. The smallest absolute Gasteiger partial charge is 0.289 e. The van der Waals surface area contributed by atoms with Crippen molar-refractivity contribution in [3.05, 3.63) is 81.0 Å². The molecule has 0 fully saturated rings. The van der Waals surface area contributed by atoms with Crippen LogP contribution in [0.1, 0.15) is 17.5 Å². The van der Waals surface area contributed by atoms with Crippen LogP contribution in [-0.2, 0) is 22.4 Å². The number of benzene rings is 2. The standard InChI is InChI=1S/C22H22Cl2N2O3/c1-26-18(13-14-6-3-2-4-7-14)19(20(27)22(26)29)21(28)25-11-5-8-15-9-10-16(23)17(24)12-15/h2-4,6-7,9-10,12,18,27H,5,8,11,13H2,1H3,(H,25,28). The van der Waals surface area contributed by atoms with Crippen molar-refractivity contribution in [3.8, 4) is 0 Å². The Morgan fingerprint density at radius 2 is 1.83 bits per heavy atom. The van der Waals surface area contributed by atoms with Gasteiger partial charge in [-0.1, -0.05) is 59.6 Å². The summed E-state index contributed by atoms with van der Waals surface area (Å²) in [7, 11) is 1.59. The number of hydrogen-bond donors (Lipinski definition) is 2. The van der Waals surface area contributed by atoms with Crippen molar-refractivity contribution in [2.24, 2.45) is 0 Å². The Hall–Kier alpha value is -2.50. The van der Waals surface area contributed by atoms with Crippen LogP contribution in [-0.4, -0.2) is 41.5 Å². The second kappa shape index (κ2) is 9.33. The zero-order valence-electron chi connectivity index (χ0n) is 16.0. The van der Waals surface area contributed by atoms with Gasteiger partial charge in [-0.05, 0) is 42.5 Å². The number of likely N-dealkylation sites (N-methyl/N-ethyl adjacent to an activating group) is 1.